The Labute approximate surface area is 122 Å². The first-order chi connectivity index (χ1) is 9.11. The van der Waals surface area contributed by atoms with Crippen LogP contribution < -0.4 is 10.5 Å². The lowest BCUT2D eigenvalue weighted by Crippen LogP contribution is -2.01. The Bertz CT molecular complexity index is 566. The second-order valence-electron chi connectivity index (χ2n) is 4.75. The van der Waals surface area contributed by atoms with Crippen molar-refractivity contribution in [1.82, 2.24) is 0 Å². The molecule has 0 aliphatic carbocycles. The molecule has 0 bridgehead atoms. The summed E-state index contributed by atoms with van der Waals surface area (Å²) in [5.74, 6) is 2.12. The molecular weight excluding hydrogens is 302 g/mol. The summed E-state index contributed by atoms with van der Waals surface area (Å²) in [6, 6.07) is 14.0. The van der Waals surface area contributed by atoms with Gasteiger partial charge in [-0.1, -0.05) is 54.0 Å². The number of hydrogen-bond acceptors (Lipinski definition) is 2. The number of ether oxygens (including phenoxy) is 1. The van der Waals surface area contributed by atoms with Crippen molar-refractivity contribution in [2.75, 3.05) is 0 Å². The van der Waals surface area contributed by atoms with Crippen LogP contribution >= 0.6 is 15.9 Å². The Morgan fingerprint density at radius 3 is 2.53 bits per heavy atom. The minimum absolute atomic E-state index is 0.421. The average Bonchev–Trinajstić information content (AvgIpc) is 2.39. The highest BCUT2D eigenvalue weighted by atomic mass is 79.9. The van der Waals surface area contributed by atoms with Crippen molar-refractivity contribution in [3.63, 3.8) is 0 Å². The molecule has 2 aromatic rings. The number of rotatable bonds is 4. The van der Waals surface area contributed by atoms with E-state index < -0.39 is 0 Å². The van der Waals surface area contributed by atoms with E-state index in [0.717, 1.165) is 21.5 Å². The lowest BCUT2D eigenvalue weighted by molar-refractivity contribution is 0.467. The monoisotopic (exact) mass is 319 g/mol. The van der Waals surface area contributed by atoms with Gasteiger partial charge < -0.3 is 10.5 Å². The zero-order chi connectivity index (χ0) is 13.8. The Morgan fingerprint density at radius 2 is 1.84 bits per heavy atom. The fourth-order valence-electron chi connectivity index (χ4n) is 1.96. The van der Waals surface area contributed by atoms with Crippen LogP contribution in [0.3, 0.4) is 0 Å². The lowest BCUT2D eigenvalue weighted by atomic mass is 10.0. The smallest absolute Gasteiger partial charge is 0.133 e. The quantitative estimate of drug-likeness (QED) is 0.876. The van der Waals surface area contributed by atoms with E-state index in [1.807, 2.05) is 36.4 Å². The minimum atomic E-state index is 0.421. The van der Waals surface area contributed by atoms with Crippen molar-refractivity contribution in [1.29, 1.82) is 0 Å². The number of nitrogens with two attached hydrogens (primary N) is 1. The predicted octanol–water partition coefficient (Wildman–Crippen LogP) is 4.82. The summed E-state index contributed by atoms with van der Waals surface area (Å²) in [6.07, 6.45) is 0. The molecule has 0 saturated heterocycles. The molecule has 0 heterocycles. The van der Waals surface area contributed by atoms with Crippen LogP contribution in [0.25, 0.3) is 0 Å². The van der Waals surface area contributed by atoms with Gasteiger partial charge in [-0.25, -0.2) is 0 Å². The summed E-state index contributed by atoms with van der Waals surface area (Å²) in [7, 11) is 0. The molecule has 2 aromatic carbocycles. The summed E-state index contributed by atoms with van der Waals surface area (Å²) in [6.45, 7) is 4.78. The van der Waals surface area contributed by atoms with E-state index in [2.05, 4.69) is 35.8 Å². The SMILES string of the molecule is CC(C)c1ccccc1Oc1cc(Br)ccc1CN. The molecule has 3 heteroatoms. The Morgan fingerprint density at radius 1 is 1.11 bits per heavy atom. The van der Waals surface area contributed by atoms with Crippen molar-refractivity contribution in [2.45, 2.75) is 26.3 Å². The van der Waals surface area contributed by atoms with E-state index in [9.17, 15) is 0 Å². The van der Waals surface area contributed by atoms with Gasteiger partial charge in [0, 0.05) is 16.6 Å². The van der Waals surface area contributed by atoms with E-state index in [1.54, 1.807) is 0 Å². The van der Waals surface area contributed by atoms with Crippen LogP contribution in [-0.4, -0.2) is 0 Å². The first-order valence-electron chi connectivity index (χ1n) is 6.37. The standard InChI is InChI=1S/C16H18BrNO/c1-11(2)14-5-3-4-6-15(14)19-16-9-13(17)8-7-12(16)10-18/h3-9,11H,10,18H2,1-2H3. The number of halogens is 1. The maximum absolute atomic E-state index is 6.06. The third kappa shape index (κ3) is 3.37. The first-order valence-corrected chi connectivity index (χ1v) is 7.16. The molecule has 0 spiro atoms. The molecule has 2 nitrogen and oxygen atoms in total. The molecule has 2 rings (SSSR count). The first kappa shape index (κ1) is 14.1. The zero-order valence-corrected chi connectivity index (χ0v) is 12.8. The fraction of sp³-hybridized carbons (Fsp3) is 0.250. The van der Waals surface area contributed by atoms with Crippen LogP contribution in [-0.2, 0) is 6.54 Å². The van der Waals surface area contributed by atoms with Crippen LogP contribution in [0.4, 0.5) is 0 Å². The molecule has 2 N–H and O–H groups in total. The Kier molecular flexibility index (Phi) is 4.61. The van der Waals surface area contributed by atoms with E-state index in [4.69, 9.17) is 10.5 Å². The molecule has 0 saturated carbocycles. The predicted molar refractivity (Wildman–Crippen MR) is 82.6 cm³/mol. The molecule has 0 aliphatic rings. The van der Waals surface area contributed by atoms with Gasteiger partial charge in [-0.2, -0.15) is 0 Å². The number of benzene rings is 2. The molecular formula is C16H18BrNO. The molecule has 0 fully saturated rings. The highest BCUT2D eigenvalue weighted by Gasteiger charge is 2.10. The molecule has 0 radical (unpaired) electrons. The summed E-state index contributed by atoms with van der Waals surface area (Å²) >= 11 is 3.47. The summed E-state index contributed by atoms with van der Waals surface area (Å²) in [5, 5.41) is 0. The lowest BCUT2D eigenvalue weighted by Gasteiger charge is -2.15. The zero-order valence-electron chi connectivity index (χ0n) is 11.2. The van der Waals surface area contributed by atoms with Crippen LogP contribution in [0.15, 0.2) is 46.9 Å². The van der Waals surface area contributed by atoms with Crippen molar-refractivity contribution in [3.05, 3.63) is 58.1 Å². The Balaban J connectivity index is 2.38. The molecule has 0 amide bonds. The van der Waals surface area contributed by atoms with Gasteiger partial charge in [-0.3, -0.25) is 0 Å². The number of hydrogen-bond donors (Lipinski definition) is 1. The van der Waals surface area contributed by atoms with Crippen molar-refractivity contribution < 1.29 is 4.74 Å². The second kappa shape index (κ2) is 6.22. The summed E-state index contributed by atoms with van der Waals surface area (Å²) < 4.78 is 7.05. The highest BCUT2D eigenvalue weighted by Crippen LogP contribution is 2.33. The van der Waals surface area contributed by atoms with Crippen molar-refractivity contribution in [3.8, 4) is 11.5 Å². The van der Waals surface area contributed by atoms with Crippen LogP contribution in [0.2, 0.25) is 0 Å². The molecule has 0 aromatic heterocycles. The highest BCUT2D eigenvalue weighted by molar-refractivity contribution is 9.10. The fourth-order valence-corrected chi connectivity index (χ4v) is 2.30. The maximum Gasteiger partial charge on any atom is 0.133 e. The van der Waals surface area contributed by atoms with Crippen molar-refractivity contribution in [2.24, 2.45) is 5.73 Å². The van der Waals surface area contributed by atoms with E-state index in [0.29, 0.717) is 12.5 Å². The molecule has 0 aliphatic heterocycles. The van der Waals surface area contributed by atoms with Crippen LogP contribution in [0, 0.1) is 0 Å². The van der Waals surface area contributed by atoms with Gasteiger partial charge in [0.05, 0.1) is 0 Å². The van der Waals surface area contributed by atoms with Gasteiger partial charge in [0.2, 0.25) is 0 Å². The van der Waals surface area contributed by atoms with E-state index in [1.165, 1.54) is 5.56 Å². The largest absolute Gasteiger partial charge is 0.457 e. The second-order valence-corrected chi connectivity index (χ2v) is 5.67. The number of para-hydroxylation sites is 1. The topological polar surface area (TPSA) is 35.2 Å². The average molecular weight is 320 g/mol. The van der Waals surface area contributed by atoms with E-state index in [-0.39, 0.29) is 0 Å². The van der Waals surface area contributed by atoms with Gasteiger partial charge in [0.1, 0.15) is 11.5 Å². The normalized spacial score (nSPS) is 10.8. The third-order valence-corrected chi connectivity index (χ3v) is 3.50. The van der Waals surface area contributed by atoms with Crippen LogP contribution in [0.5, 0.6) is 11.5 Å². The van der Waals surface area contributed by atoms with Crippen LogP contribution in [0.1, 0.15) is 30.9 Å². The molecule has 100 valence electrons. The molecule has 0 atom stereocenters. The van der Waals surface area contributed by atoms with Gasteiger partial charge in [-0.15, -0.1) is 0 Å². The van der Waals surface area contributed by atoms with E-state index >= 15 is 0 Å². The van der Waals surface area contributed by atoms with Gasteiger partial charge in [-0.05, 0) is 29.7 Å². The molecule has 19 heavy (non-hydrogen) atoms. The maximum atomic E-state index is 6.06. The minimum Gasteiger partial charge on any atom is -0.457 e. The third-order valence-electron chi connectivity index (χ3n) is 3.01. The molecule has 0 unspecified atom stereocenters. The summed E-state index contributed by atoms with van der Waals surface area (Å²) in [4.78, 5) is 0. The van der Waals surface area contributed by atoms with Gasteiger partial charge in [0.25, 0.3) is 0 Å². The Hall–Kier alpha value is -1.32. The van der Waals surface area contributed by atoms with Gasteiger partial charge in [0.15, 0.2) is 0 Å². The van der Waals surface area contributed by atoms with Crippen molar-refractivity contribution >= 4 is 15.9 Å². The summed E-state index contributed by atoms with van der Waals surface area (Å²) in [5.41, 5.74) is 7.96. The van der Waals surface area contributed by atoms with Gasteiger partial charge >= 0.3 is 0 Å².